The van der Waals surface area contributed by atoms with E-state index in [0.717, 1.165) is 19.4 Å². The molecule has 4 nitrogen and oxygen atoms in total. The van der Waals surface area contributed by atoms with Gasteiger partial charge in [0, 0.05) is 11.6 Å². The number of phenols is 2. The topological polar surface area (TPSA) is 72.7 Å². The Morgan fingerprint density at radius 2 is 1.82 bits per heavy atom. The molecule has 2 aromatic carbocycles. The van der Waals surface area contributed by atoms with E-state index in [1.54, 1.807) is 6.07 Å². The lowest BCUT2D eigenvalue weighted by molar-refractivity contribution is 0.114. The van der Waals surface area contributed by atoms with Crippen LogP contribution in [-0.4, -0.2) is 27.9 Å². The zero-order valence-electron chi connectivity index (χ0n) is 12.4. The molecule has 0 aromatic heterocycles. The normalized spacial score (nSPS) is 20.6. The number of hydrogen-bond acceptors (Lipinski definition) is 4. The summed E-state index contributed by atoms with van der Waals surface area (Å²) in [6.45, 7) is 0.797. The zero-order valence-corrected chi connectivity index (χ0v) is 12.4. The number of nitrogens with one attached hydrogen (secondary N) is 1. The van der Waals surface area contributed by atoms with E-state index in [9.17, 15) is 15.3 Å². The van der Waals surface area contributed by atoms with E-state index >= 15 is 0 Å². The molecule has 1 aliphatic rings. The summed E-state index contributed by atoms with van der Waals surface area (Å²) >= 11 is 0. The van der Waals surface area contributed by atoms with Crippen molar-refractivity contribution in [3.05, 3.63) is 59.2 Å². The van der Waals surface area contributed by atoms with E-state index in [2.05, 4.69) is 17.4 Å². The summed E-state index contributed by atoms with van der Waals surface area (Å²) < 4.78 is 0. The van der Waals surface area contributed by atoms with Crippen LogP contribution in [-0.2, 0) is 12.8 Å². The van der Waals surface area contributed by atoms with Crippen molar-refractivity contribution in [1.29, 1.82) is 0 Å². The maximum absolute atomic E-state index is 10.5. The molecule has 2 atom stereocenters. The first-order valence-corrected chi connectivity index (χ1v) is 7.66. The number of aliphatic hydroxyl groups excluding tert-OH is 1. The number of fused-ring (bicyclic) bond motifs is 1. The lowest BCUT2D eigenvalue weighted by atomic mass is 9.85. The van der Waals surface area contributed by atoms with E-state index in [4.69, 9.17) is 0 Å². The fourth-order valence-corrected chi connectivity index (χ4v) is 3.11. The van der Waals surface area contributed by atoms with Crippen LogP contribution in [0.4, 0.5) is 0 Å². The largest absolute Gasteiger partial charge is 0.504 e. The Balaban J connectivity index is 1.63. The maximum Gasteiger partial charge on any atom is 0.161 e. The molecule has 0 bridgehead atoms. The maximum atomic E-state index is 10.5. The Bertz CT molecular complexity index is 642. The highest BCUT2D eigenvalue weighted by molar-refractivity contribution is 5.51. The molecular formula is C18H21NO3. The molecule has 4 heteroatoms. The predicted molar refractivity (Wildman–Crippen MR) is 85.0 cm³/mol. The van der Waals surface area contributed by atoms with Crippen LogP contribution in [0.5, 0.6) is 11.5 Å². The monoisotopic (exact) mass is 299 g/mol. The van der Waals surface area contributed by atoms with Crippen LogP contribution in [0.2, 0.25) is 0 Å². The van der Waals surface area contributed by atoms with Gasteiger partial charge in [-0.1, -0.05) is 36.4 Å². The van der Waals surface area contributed by atoms with E-state index in [-0.39, 0.29) is 17.5 Å². The third-order valence-electron chi connectivity index (χ3n) is 4.37. The van der Waals surface area contributed by atoms with Gasteiger partial charge >= 0.3 is 0 Å². The molecule has 2 unspecified atom stereocenters. The van der Waals surface area contributed by atoms with Gasteiger partial charge in [-0.25, -0.2) is 0 Å². The molecule has 0 saturated carbocycles. The predicted octanol–water partition coefficient (Wildman–Crippen LogP) is 2.28. The van der Waals surface area contributed by atoms with Crippen molar-refractivity contribution >= 4 is 0 Å². The van der Waals surface area contributed by atoms with Crippen LogP contribution >= 0.6 is 0 Å². The second-order valence-corrected chi connectivity index (χ2v) is 5.78. The van der Waals surface area contributed by atoms with Crippen molar-refractivity contribution in [3.63, 3.8) is 0 Å². The number of rotatable bonds is 4. The number of aliphatic hydroxyl groups is 1. The Labute approximate surface area is 130 Å². The standard InChI is InChI=1S/C18H21NO3/c20-16-9-7-13-14(18(16)22)6-8-15(17(13)21)19-11-10-12-4-2-1-3-5-12/h1-5,7,9,15,17,19-22H,6,8,10-11H2. The highest BCUT2D eigenvalue weighted by atomic mass is 16.3. The van der Waals surface area contributed by atoms with Crippen LogP contribution < -0.4 is 5.32 Å². The van der Waals surface area contributed by atoms with Crippen LogP contribution in [0, 0.1) is 0 Å². The summed E-state index contributed by atoms with van der Waals surface area (Å²) in [6, 6.07) is 13.3. The molecule has 0 saturated heterocycles. The first-order valence-electron chi connectivity index (χ1n) is 7.66. The molecular weight excluding hydrogens is 278 g/mol. The smallest absolute Gasteiger partial charge is 0.161 e. The lowest BCUT2D eigenvalue weighted by Gasteiger charge is -2.31. The summed E-state index contributed by atoms with van der Waals surface area (Å²) in [5, 5.41) is 33.3. The van der Waals surface area contributed by atoms with E-state index in [0.29, 0.717) is 17.5 Å². The van der Waals surface area contributed by atoms with Gasteiger partial charge in [0.2, 0.25) is 0 Å². The molecule has 4 N–H and O–H groups in total. The van der Waals surface area contributed by atoms with Crippen molar-refractivity contribution in [2.45, 2.75) is 31.4 Å². The molecule has 0 fully saturated rings. The zero-order chi connectivity index (χ0) is 15.5. The number of benzene rings is 2. The fourth-order valence-electron chi connectivity index (χ4n) is 3.11. The molecule has 116 valence electrons. The number of aromatic hydroxyl groups is 2. The Morgan fingerprint density at radius 1 is 1.05 bits per heavy atom. The Morgan fingerprint density at radius 3 is 2.59 bits per heavy atom. The summed E-state index contributed by atoms with van der Waals surface area (Å²) in [6.07, 6.45) is 1.64. The molecule has 3 rings (SSSR count). The molecule has 1 aliphatic carbocycles. The summed E-state index contributed by atoms with van der Waals surface area (Å²) in [4.78, 5) is 0. The number of hydrogen-bond donors (Lipinski definition) is 4. The van der Waals surface area contributed by atoms with Gasteiger partial charge in [-0.2, -0.15) is 0 Å². The first kappa shape index (κ1) is 14.9. The van der Waals surface area contributed by atoms with Crippen LogP contribution in [0.3, 0.4) is 0 Å². The van der Waals surface area contributed by atoms with Crippen molar-refractivity contribution in [1.82, 2.24) is 5.32 Å². The lowest BCUT2D eigenvalue weighted by Crippen LogP contribution is -2.39. The third kappa shape index (κ3) is 2.93. The van der Waals surface area contributed by atoms with Gasteiger partial charge in [-0.05, 0) is 43.0 Å². The van der Waals surface area contributed by atoms with Gasteiger partial charge < -0.3 is 20.6 Å². The van der Waals surface area contributed by atoms with Gasteiger partial charge in [0.15, 0.2) is 11.5 Å². The van der Waals surface area contributed by atoms with Gasteiger partial charge in [-0.15, -0.1) is 0 Å². The third-order valence-corrected chi connectivity index (χ3v) is 4.37. The van der Waals surface area contributed by atoms with Gasteiger partial charge in [0.05, 0.1) is 6.10 Å². The minimum absolute atomic E-state index is 0.0276. The van der Waals surface area contributed by atoms with Crippen LogP contribution in [0.1, 0.15) is 29.2 Å². The molecule has 22 heavy (non-hydrogen) atoms. The van der Waals surface area contributed by atoms with Crippen LogP contribution in [0.25, 0.3) is 0 Å². The van der Waals surface area contributed by atoms with Crippen molar-refractivity contribution in [2.75, 3.05) is 6.54 Å². The Kier molecular flexibility index (Phi) is 4.32. The van der Waals surface area contributed by atoms with E-state index in [1.807, 2.05) is 18.2 Å². The molecule has 0 heterocycles. The second kappa shape index (κ2) is 6.38. The van der Waals surface area contributed by atoms with E-state index in [1.165, 1.54) is 11.6 Å². The highest BCUT2D eigenvalue weighted by Gasteiger charge is 2.29. The van der Waals surface area contributed by atoms with Crippen LogP contribution in [0.15, 0.2) is 42.5 Å². The summed E-state index contributed by atoms with van der Waals surface area (Å²) in [5.41, 5.74) is 2.63. The quantitative estimate of drug-likeness (QED) is 0.654. The molecule has 2 aromatic rings. The van der Waals surface area contributed by atoms with Crippen molar-refractivity contribution in [2.24, 2.45) is 0 Å². The minimum atomic E-state index is -0.661. The Hall–Kier alpha value is -2.04. The van der Waals surface area contributed by atoms with Gasteiger partial charge in [0.1, 0.15) is 0 Å². The minimum Gasteiger partial charge on any atom is -0.504 e. The van der Waals surface area contributed by atoms with Gasteiger partial charge in [-0.3, -0.25) is 0 Å². The summed E-state index contributed by atoms with van der Waals surface area (Å²) in [7, 11) is 0. The number of phenolic OH excluding ortho intramolecular Hbond substituents is 2. The van der Waals surface area contributed by atoms with Gasteiger partial charge in [0.25, 0.3) is 0 Å². The average Bonchev–Trinajstić information content (AvgIpc) is 2.54. The molecule has 0 spiro atoms. The van der Waals surface area contributed by atoms with Crippen molar-refractivity contribution < 1.29 is 15.3 Å². The first-order chi connectivity index (χ1) is 10.7. The average molecular weight is 299 g/mol. The molecule has 0 aliphatic heterocycles. The SMILES string of the molecule is Oc1ccc2c(c1O)CCC(NCCc1ccccc1)C2O. The second-order valence-electron chi connectivity index (χ2n) is 5.78. The van der Waals surface area contributed by atoms with Crippen molar-refractivity contribution in [3.8, 4) is 11.5 Å². The molecule has 0 amide bonds. The molecule has 0 radical (unpaired) electrons. The highest BCUT2D eigenvalue weighted by Crippen LogP contribution is 2.39. The fraction of sp³-hybridized carbons (Fsp3) is 0.333. The van der Waals surface area contributed by atoms with E-state index < -0.39 is 6.10 Å². The summed E-state index contributed by atoms with van der Waals surface area (Å²) in [5.74, 6) is -0.222.